The van der Waals surface area contributed by atoms with Crippen molar-refractivity contribution in [2.75, 3.05) is 25.5 Å². The Balaban J connectivity index is 2.28. The normalized spacial score (nSPS) is 10.6. The van der Waals surface area contributed by atoms with E-state index >= 15 is 0 Å². The Hall–Kier alpha value is -0.220. The maximum Gasteiger partial charge on any atom is 0.0589 e. The van der Waals surface area contributed by atoms with Crippen LogP contribution >= 0.6 is 23.4 Å². The van der Waals surface area contributed by atoms with Gasteiger partial charge in [-0.2, -0.15) is 0 Å². The van der Waals surface area contributed by atoms with E-state index in [1.165, 1.54) is 4.90 Å². The quantitative estimate of drug-likeness (QED) is 0.618. The highest BCUT2D eigenvalue weighted by molar-refractivity contribution is 7.99. The fraction of sp³-hybridized carbons (Fsp3) is 0.455. The van der Waals surface area contributed by atoms with E-state index in [9.17, 15) is 0 Å². The van der Waals surface area contributed by atoms with Gasteiger partial charge in [0.05, 0.1) is 13.2 Å². The monoisotopic (exact) mass is 245 g/mol. The van der Waals surface area contributed by atoms with Crippen LogP contribution in [0.15, 0.2) is 23.1 Å². The fourth-order valence-electron chi connectivity index (χ4n) is 1.11. The molecule has 0 amide bonds. The Bertz CT molecular complexity index is 307. The second kappa shape index (κ2) is 7.12. The minimum atomic E-state index is 0.588. The van der Waals surface area contributed by atoms with Crippen molar-refractivity contribution in [2.24, 2.45) is 5.73 Å². The molecule has 1 rings (SSSR count). The van der Waals surface area contributed by atoms with Gasteiger partial charge in [0.25, 0.3) is 0 Å². The van der Waals surface area contributed by atoms with Crippen LogP contribution < -0.4 is 5.73 Å². The molecule has 84 valence electrons. The molecular weight excluding hydrogens is 230 g/mol. The average Bonchev–Trinajstić information content (AvgIpc) is 2.23. The molecule has 15 heavy (non-hydrogen) atoms. The van der Waals surface area contributed by atoms with Crippen molar-refractivity contribution in [3.8, 4) is 0 Å². The highest BCUT2D eigenvalue weighted by atomic mass is 35.5. The van der Waals surface area contributed by atoms with Crippen LogP contribution in [0.1, 0.15) is 5.56 Å². The molecule has 4 heteroatoms. The predicted octanol–water partition coefficient (Wildman–Crippen LogP) is 2.72. The molecule has 0 heterocycles. The van der Waals surface area contributed by atoms with E-state index in [-0.39, 0.29) is 0 Å². The van der Waals surface area contributed by atoms with Crippen molar-refractivity contribution in [3.05, 3.63) is 28.8 Å². The van der Waals surface area contributed by atoms with Crippen LogP contribution in [0.4, 0.5) is 0 Å². The molecule has 0 atom stereocenters. The Morgan fingerprint density at radius 3 is 2.87 bits per heavy atom. The second-order valence-corrected chi connectivity index (χ2v) is 4.74. The molecule has 0 spiro atoms. The Labute approximate surface area is 100 Å². The maximum absolute atomic E-state index is 5.94. The third-order valence-electron chi connectivity index (χ3n) is 1.89. The molecule has 1 aromatic rings. The minimum Gasteiger partial charge on any atom is -0.379 e. The number of hydrogen-bond acceptors (Lipinski definition) is 3. The summed E-state index contributed by atoms with van der Waals surface area (Å²) in [5.41, 5.74) is 6.43. The van der Waals surface area contributed by atoms with Gasteiger partial charge >= 0.3 is 0 Å². The zero-order valence-electron chi connectivity index (χ0n) is 8.83. The van der Waals surface area contributed by atoms with Crippen molar-refractivity contribution in [2.45, 2.75) is 11.8 Å². The van der Waals surface area contributed by atoms with E-state index in [4.69, 9.17) is 22.1 Å². The maximum atomic E-state index is 5.94. The van der Waals surface area contributed by atoms with Gasteiger partial charge in [0.2, 0.25) is 0 Å². The lowest BCUT2D eigenvalue weighted by atomic mass is 10.2. The number of aryl methyl sites for hydroxylation is 1. The van der Waals surface area contributed by atoms with Crippen molar-refractivity contribution >= 4 is 23.4 Å². The second-order valence-electron chi connectivity index (χ2n) is 3.16. The number of ether oxygens (including phenoxy) is 1. The van der Waals surface area contributed by atoms with Gasteiger partial charge in [-0.25, -0.2) is 0 Å². The van der Waals surface area contributed by atoms with Crippen molar-refractivity contribution in [3.63, 3.8) is 0 Å². The molecule has 0 aliphatic rings. The summed E-state index contributed by atoms with van der Waals surface area (Å²) < 4.78 is 5.29. The van der Waals surface area contributed by atoms with Crippen molar-refractivity contribution in [1.82, 2.24) is 0 Å². The molecule has 0 unspecified atom stereocenters. The van der Waals surface area contributed by atoms with Gasteiger partial charge in [-0.15, -0.1) is 11.8 Å². The zero-order chi connectivity index (χ0) is 11.1. The van der Waals surface area contributed by atoms with Crippen LogP contribution in [0.3, 0.4) is 0 Å². The Morgan fingerprint density at radius 2 is 2.20 bits per heavy atom. The molecule has 2 N–H and O–H groups in total. The largest absolute Gasteiger partial charge is 0.379 e. The van der Waals surface area contributed by atoms with E-state index in [1.807, 2.05) is 19.1 Å². The van der Waals surface area contributed by atoms with Crippen molar-refractivity contribution < 1.29 is 4.74 Å². The number of nitrogens with two attached hydrogens (primary N) is 1. The third kappa shape index (κ3) is 4.89. The Morgan fingerprint density at radius 1 is 1.40 bits per heavy atom. The molecular formula is C11H16ClNOS. The first kappa shape index (κ1) is 12.8. The lowest BCUT2D eigenvalue weighted by Gasteiger charge is -2.04. The topological polar surface area (TPSA) is 35.2 Å². The van der Waals surface area contributed by atoms with Crippen LogP contribution in [-0.2, 0) is 4.74 Å². The highest BCUT2D eigenvalue weighted by Gasteiger charge is 1.98. The summed E-state index contributed by atoms with van der Waals surface area (Å²) >= 11 is 7.70. The molecule has 0 fully saturated rings. The predicted molar refractivity (Wildman–Crippen MR) is 66.8 cm³/mol. The van der Waals surface area contributed by atoms with Gasteiger partial charge in [0.15, 0.2) is 0 Å². The SMILES string of the molecule is Cc1cc(SCCOCCN)ccc1Cl. The van der Waals surface area contributed by atoms with E-state index in [2.05, 4.69) is 6.07 Å². The van der Waals surface area contributed by atoms with Crippen LogP contribution in [0.25, 0.3) is 0 Å². The van der Waals surface area contributed by atoms with Gasteiger partial charge < -0.3 is 10.5 Å². The van der Waals surface area contributed by atoms with Gasteiger partial charge in [-0.3, -0.25) is 0 Å². The van der Waals surface area contributed by atoms with Crippen molar-refractivity contribution in [1.29, 1.82) is 0 Å². The number of benzene rings is 1. The summed E-state index contributed by atoms with van der Waals surface area (Å²) in [4.78, 5) is 1.23. The summed E-state index contributed by atoms with van der Waals surface area (Å²) in [5.74, 6) is 0.946. The molecule has 0 saturated heterocycles. The molecule has 0 aromatic heterocycles. The zero-order valence-corrected chi connectivity index (χ0v) is 10.4. The molecule has 0 aliphatic carbocycles. The molecule has 0 saturated carbocycles. The molecule has 1 aromatic carbocycles. The van der Waals surface area contributed by atoms with Crippen LogP contribution in [0, 0.1) is 6.92 Å². The fourth-order valence-corrected chi connectivity index (χ4v) is 2.09. The summed E-state index contributed by atoms with van der Waals surface area (Å²) in [7, 11) is 0. The lowest BCUT2D eigenvalue weighted by molar-refractivity contribution is 0.158. The van der Waals surface area contributed by atoms with E-state index in [0.29, 0.717) is 13.2 Å². The first-order chi connectivity index (χ1) is 7.24. The van der Waals surface area contributed by atoms with Gasteiger partial charge in [0, 0.05) is 22.2 Å². The first-order valence-electron chi connectivity index (χ1n) is 4.91. The van der Waals surface area contributed by atoms with E-state index < -0.39 is 0 Å². The summed E-state index contributed by atoms with van der Waals surface area (Å²) in [6.07, 6.45) is 0. The van der Waals surface area contributed by atoms with E-state index in [0.717, 1.165) is 22.9 Å². The third-order valence-corrected chi connectivity index (χ3v) is 3.27. The standard InChI is InChI=1S/C11H16ClNOS/c1-9-8-10(2-3-11(9)12)15-7-6-14-5-4-13/h2-3,8H,4-7,13H2,1H3. The van der Waals surface area contributed by atoms with E-state index in [1.54, 1.807) is 11.8 Å². The van der Waals surface area contributed by atoms with Crippen LogP contribution in [-0.4, -0.2) is 25.5 Å². The average molecular weight is 246 g/mol. The number of halogens is 1. The number of hydrogen-bond donors (Lipinski definition) is 1. The van der Waals surface area contributed by atoms with Crippen LogP contribution in [0.5, 0.6) is 0 Å². The highest BCUT2D eigenvalue weighted by Crippen LogP contribution is 2.23. The van der Waals surface area contributed by atoms with Gasteiger partial charge in [-0.05, 0) is 30.7 Å². The molecule has 0 bridgehead atoms. The van der Waals surface area contributed by atoms with Gasteiger partial charge in [0.1, 0.15) is 0 Å². The first-order valence-corrected chi connectivity index (χ1v) is 6.27. The number of thioether (sulfide) groups is 1. The van der Waals surface area contributed by atoms with Crippen LogP contribution in [0.2, 0.25) is 5.02 Å². The Kier molecular flexibility index (Phi) is 6.10. The summed E-state index contributed by atoms with van der Waals surface area (Å²) in [5, 5.41) is 0.818. The summed E-state index contributed by atoms with van der Waals surface area (Å²) in [6, 6.07) is 6.05. The molecule has 2 nitrogen and oxygen atoms in total. The van der Waals surface area contributed by atoms with Gasteiger partial charge in [-0.1, -0.05) is 11.6 Å². The summed E-state index contributed by atoms with van der Waals surface area (Å²) in [6.45, 7) is 3.98. The molecule has 0 aliphatic heterocycles. The lowest BCUT2D eigenvalue weighted by Crippen LogP contribution is -2.09. The number of rotatable bonds is 6. The molecule has 0 radical (unpaired) electrons. The smallest absolute Gasteiger partial charge is 0.0589 e. The minimum absolute atomic E-state index is 0.588.